The van der Waals surface area contributed by atoms with E-state index in [0.29, 0.717) is 40.3 Å². The molecule has 0 spiro atoms. The predicted octanol–water partition coefficient (Wildman–Crippen LogP) is 3.60. The third kappa shape index (κ3) is 8.11. The second kappa shape index (κ2) is 12.2. The largest absolute Gasteiger partial charge is 0.478 e. The van der Waals surface area contributed by atoms with E-state index in [2.05, 4.69) is 15.2 Å². The number of ether oxygens (including phenoxy) is 1. The molecular formula is C22H23Cl2N3O4S. The lowest BCUT2D eigenvalue weighted by Crippen LogP contribution is -2.47. The van der Waals surface area contributed by atoms with Gasteiger partial charge in [0.05, 0.1) is 33.5 Å². The number of thioether (sulfide) groups is 1. The highest BCUT2D eigenvalue weighted by Crippen LogP contribution is 2.23. The molecule has 0 saturated carbocycles. The molecule has 0 radical (unpaired) electrons. The number of carbonyl (C=O) groups excluding carboxylic acids is 1. The van der Waals surface area contributed by atoms with Crippen molar-refractivity contribution in [1.29, 1.82) is 0 Å². The maximum Gasteiger partial charge on any atom is 0.328 e. The van der Waals surface area contributed by atoms with E-state index in [9.17, 15) is 9.59 Å². The van der Waals surface area contributed by atoms with Crippen LogP contribution in [0.15, 0.2) is 47.6 Å². The van der Waals surface area contributed by atoms with Gasteiger partial charge in [0.2, 0.25) is 5.91 Å². The zero-order chi connectivity index (χ0) is 22.9. The second-order valence-corrected chi connectivity index (χ2v) is 8.98. The number of carboxylic acids is 1. The first kappa shape index (κ1) is 24.5. The first-order valence-corrected chi connectivity index (χ1v) is 11.7. The molecule has 3 rings (SSSR count). The highest BCUT2D eigenvalue weighted by molar-refractivity contribution is 7.99. The predicted molar refractivity (Wildman–Crippen MR) is 126 cm³/mol. The van der Waals surface area contributed by atoms with Gasteiger partial charge < -0.3 is 15.2 Å². The van der Waals surface area contributed by atoms with E-state index in [0.717, 1.165) is 24.7 Å². The van der Waals surface area contributed by atoms with Gasteiger partial charge in [0.15, 0.2) is 0 Å². The molecule has 1 amide bonds. The number of morpholine rings is 1. The number of aliphatic carboxylic acids is 1. The molecule has 1 aliphatic heterocycles. The summed E-state index contributed by atoms with van der Waals surface area (Å²) in [6, 6.07) is 9.14. The molecule has 1 unspecified atom stereocenters. The Balaban J connectivity index is 1.39. The SMILES string of the molecule is O=C(O)/C=C/c1ccc(SCC(=O)NCC2CN(Cc3ccc(Cl)c(Cl)c3)CCO2)nc1. The van der Waals surface area contributed by atoms with Crippen molar-refractivity contribution in [2.75, 3.05) is 32.0 Å². The molecule has 1 aliphatic rings. The van der Waals surface area contributed by atoms with Crippen LogP contribution in [0, 0.1) is 0 Å². The number of nitrogens with one attached hydrogen (secondary N) is 1. The Bertz CT molecular complexity index is 972. The van der Waals surface area contributed by atoms with Crippen LogP contribution in [-0.2, 0) is 20.9 Å². The minimum absolute atomic E-state index is 0.0843. The van der Waals surface area contributed by atoms with E-state index in [1.165, 1.54) is 17.8 Å². The van der Waals surface area contributed by atoms with Crippen molar-refractivity contribution in [2.45, 2.75) is 17.7 Å². The summed E-state index contributed by atoms with van der Waals surface area (Å²) in [5.74, 6) is -0.881. The standard InChI is InChI=1S/C22H23Cl2N3O4S/c23-18-4-1-16(9-19(18)24)12-27-7-8-31-17(13-27)11-25-20(28)14-32-21-5-2-15(10-26-21)3-6-22(29)30/h1-6,9-10,17H,7-8,11-14H2,(H,25,28)(H,29,30)/b6-3+. The lowest BCUT2D eigenvalue weighted by Gasteiger charge is -2.33. The molecule has 0 aliphatic carbocycles. The van der Waals surface area contributed by atoms with Crippen LogP contribution in [0.4, 0.5) is 0 Å². The van der Waals surface area contributed by atoms with Crippen LogP contribution in [0.3, 0.4) is 0 Å². The van der Waals surface area contributed by atoms with Gasteiger partial charge in [0.1, 0.15) is 0 Å². The summed E-state index contributed by atoms with van der Waals surface area (Å²) in [5, 5.41) is 13.3. The van der Waals surface area contributed by atoms with Crippen LogP contribution >= 0.6 is 35.0 Å². The summed E-state index contributed by atoms with van der Waals surface area (Å²) in [6.45, 7) is 3.29. The Morgan fingerprint density at radius 1 is 1.28 bits per heavy atom. The van der Waals surface area contributed by atoms with E-state index >= 15 is 0 Å². The van der Waals surface area contributed by atoms with Gasteiger partial charge in [-0.2, -0.15) is 0 Å². The van der Waals surface area contributed by atoms with Crippen molar-refractivity contribution in [3.05, 3.63) is 63.8 Å². The molecule has 32 heavy (non-hydrogen) atoms. The smallest absolute Gasteiger partial charge is 0.328 e. The molecule has 0 bridgehead atoms. The number of amides is 1. The molecule has 1 aromatic carbocycles. The quantitative estimate of drug-likeness (QED) is 0.405. The number of pyridine rings is 1. The molecule has 2 N–H and O–H groups in total. The minimum atomic E-state index is -1.01. The van der Waals surface area contributed by atoms with Crippen molar-refractivity contribution >= 4 is 52.9 Å². The Labute approximate surface area is 200 Å². The maximum atomic E-state index is 12.2. The Kier molecular flexibility index (Phi) is 9.37. The van der Waals surface area contributed by atoms with Gasteiger partial charge in [0, 0.05) is 38.5 Å². The van der Waals surface area contributed by atoms with Crippen molar-refractivity contribution in [1.82, 2.24) is 15.2 Å². The molecule has 170 valence electrons. The van der Waals surface area contributed by atoms with E-state index in [1.54, 1.807) is 24.4 Å². The third-order valence-corrected chi connectivity index (χ3v) is 6.35. The molecule has 1 aromatic heterocycles. The summed E-state index contributed by atoms with van der Waals surface area (Å²) in [4.78, 5) is 29.2. The van der Waals surface area contributed by atoms with Gasteiger partial charge in [-0.05, 0) is 35.4 Å². The first-order chi connectivity index (χ1) is 15.4. The highest BCUT2D eigenvalue weighted by Gasteiger charge is 2.21. The number of carboxylic acid groups (broad SMARTS) is 1. The Morgan fingerprint density at radius 3 is 2.84 bits per heavy atom. The zero-order valence-electron chi connectivity index (χ0n) is 17.2. The summed E-state index contributed by atoms with van der Waals surface area (Å²) >= 11 is 13.4. The molecule has 1 saturated heterocycles. The summed E-state index contributed by atoms with van der Waals surface area (Å²) in [5.41, 5.74) is 1.76. The van der Waals surface area contributed by atoms with Crippen LogP contribution in [0.1, 0.15) is 11.1 Å². The molecule has 2 heterocycles. The molecule has 1 fully saturated rings. The maximum absolute atomic E-state index is 12.2. The molecular weight excluding hydrogens is 473 g/mol. The van der Waals surface area contributed by atoms with Crippen molar-refractivity contribution in [3.63, 3.8) is 0 Å². The molecule has 10 heteroatoms. The number of hydrogen-bond acceptors (Lipinski definition) is 6. The number of nitrogens with zero attached hydrogens (tertiary/aromatic N) is 2. The van der Waals surface area contributed by atoms with E-state index in [-0.39, 0.29) is 17.8 Å². The van der Waals surface area contributed by atoms with Gasteiger partial charge in [0.25, 0.3) is 0 Å². The number of benzene rings is 1. The summed E-state index contributed by atoms with van der Waals surface area (Å²) in [7, 11) is 0. The van der Waals surface area contributed by atoms with Crippen LogP contribution in [-0.4, -0.2) is 65.0 Å². The van der Waals surface area contributed by atoms with Crippen LogP contribution in [0.25, 0.3) is 6.08 Å². The lowest BCUT2D eigenvalue weighted by molar-refractivity contribution is -0.131. The fourth-order valence-electron chi connectivity index (χ4n) is 3.11. The summed E-state index contributed by atoms with van der Waals surface area (Å²) in [6.07, 6.45) is 4.00. The number of hydrogen-bond donors (Lipinski definition) is 2. The van der Waals surface area contributed by atoms with Crippen molar-refractivity contribution in [3.8, 4) is 0 Å². The van der Waals surface area contributed by atoms with Gasteiger partial charge in [-0.25, -0.2) is 9.78 Å². The van der Waals surface area contributed by atoms with Gasteiger partial charge in [-0.15, -0.1) is 0 Å². The Morgan fingerprint density at radius 2 is 2.12 bits per heavy atom. The average molecular weight is 496 g/mol. The van der Waals surface area contributed by atoms with Gasteiger partial charge >= 0.3 is 5.97 Å². The van der Waals surface area contributed by atoms with Crippen LogP contribution < -0.4 is 5.32 Å². The van der Waals surface area contributed by atoms with Crippen LogP contribution in [0.5, 0.6) is 0 Å². The van der Waals surface area contributed by atoms with E-state index in [4.69, 9.17) is 33.0 Å². The van der Waals surface area contributed by atoms with Gasteiger partial charge in [-0.1, -0.05) is 47.1 Å². The Hall–Kier alpha value is -2.10. The molecule has 2 aromatic rings. The average Bonchev–Trinajstić information content (AvgIpc) is 2.78. The fourth-order valence-corrected chi connectivity index (χ4v) is 4.10. The summed E-state index contributed by atoms with van der Waals surface area (Å²) < 4.78 is 5.78. The number of aromatic nitrogens is 1. The topological polar surface area (TPSA) is 91.8 Å². The van der Waals surface area contributed by atoms with E-state index < -0.39 is 5.97 Å². The number of carbonyl (C=O) groups is 2. The van der Waals surface area contributed by atoms with Crippen molar-refractivity contribution in [2.24, 2.45) is 0 Å². The number of halogens is 2. The second-order valence-electron chi connectivity index (χ2n) is 7.17. The van der Waals surface area contributed by atoms with Crippen LogP contribution in [0.2, 0.25) is 10.0 Å². The monoisotopic (exact) mass is 495 g/mol. The fraction of sp³-hybridized carbons (Fsp3) is 0.318. The minimum Gasteiger partial charge on any atom is -0.478 e. The third-order valence-electron chi connectivity index (χ3n) is 4.67. The van der Waals surface area contributed by atoms with Gasteiger partial charge in [-0.3, -0.25) is 9.69 Å². The highest BCUT2D eigenvalue weighted by atomic mass is 35.5. The molecule has 7 nitrogen and oxygen atoms in total. The van der Waals surface area contributed by atoms with E-state index in [1.807, 2.05) is 12.1 Å². The van der Waals surface area contributed by atoms with Crippen molar-refractivity contribution < 1.29 is 19.4 Å². The normalized spacial score (nSPS) is 16.9. The zero-order valence-corrected chi connectivity index (χ0v) is 19.5. The first-order valence-electron chi connectivity index (χ1n) is 9.93. The lowest BCUT2D eigenvalue weighted by atomic mass is 10.2. The molecule has 1 atom stereocenters. The number of rotatable bonds is 9.